The lowest BCUT2D eigenvalue weighted by atomic mass is 10.1. The third kappa shape index (κ3) is 2.98. The first-order valence-electron chi connectivity index (χ1n) is 9.09. The second-order valence-electron chi connectivity index (χ2n) is 7.04. The first-order chi connectivity index (χ1) is 14.7. The van der Waals surface area contributed by atoms with Crippen molar-refractivity contribution in [2.75, 3.05) is 19.4 Å². The molecule has 1 atom stereocenters. The number of pyridine rings is 2. The summed E-state index contributed by atoms with van der Waals surface area (Å²) in [5.41, 5.74) is 7.06. The van der Waals surface area contributed by atoms with Gasteiger partial charge in [-0.2, -0.15) is 13.2 Å². The van der Waals surface area contributed by atoms with Crippen LogP contribution in [0.15, 0.2) is 36.9 Å². The molecule has 0 radical (unpaired) electrons. The Kier molecular flexibility index (Phi) is 4.00. The van der Waals surface area contributed by atoms with Crippen molar-refractivity contribution in [1.82, 2.24) is 29.2 Å². The highest BCUT2D eigenvalue weighted by Gasteiger charge is 2.37. The number of nitrogen functional groups attached to an aromatic ring is 1. The van der Waals surface area contributed by atoms with Crippen molar-refractivity contribution in [3.63, 3.8) is 0 Å². The Bertz CT molecular complexity index is 1350. The van der Waals surface area contributed by atoms with E-state index in [0.717, 1.165) is 6.07 Å². The van der Waals surface area contributed by atoms with Gasteiger partial charge in [-0.05, 0) is 18.2 Å². The van der Waals surface area contributed by atoms with E-state index in [0.29, 0.717) is 22.1 Å². The summed E-state index contributed by atoms with van der Waals surface area (Å²) < 4.78 is 45.7. The second-order valence-corrected chi connectivity index (χ2v) is 7.04. The molecular formula is C19H14F3N7O2. The molecule has 1 amide bonds. The number of amides is 1. The van der Waals surface area contributed by atoms with Crippen molar-refractivity contribution >= 4 is 28.3 Å². The van der Waals surface area contributed by atoms with Gasteiger partial charge in [0.25, 0.3) is 5.91 Å². The van der Waals surface area contributed by atoms with Gasteiger partial charge in [0.15, 0.2) is 0 Å². The Morgan fingerprint density at radius 3 is 2.84 bits per heavy atom. The summed E-state index contributed by atoms with van der Waals surface area (Å²) in [6.45, 7) is -0.0106. The molecule has 4 aromatic heterocycles. The number of anilines is 1. The number of nitrogens with zero attached hydrogens (tertiary/aromatic N) is 6. The predicted octanol–water partition coefficient (Wildman–Crippen LogP) is 2.48. The molecule has 1 aliphatic rings. The van der Waals surface area contributed by atoms with Gasteiger partial charge in [0, 0.05) is 12.6 Å². The molecule has 1 aliphatic heterocycles. The topological polar surface area (TPSA) is 112 Å². The SMILES string of the molecule is CN(C(=O)c1cc2c(cn1)nc(N)c1cncn12)C1COc2nc(C(F)(F)F)ccc21. The number of rotatable bonds is 2. The number of nitrogens with two attached hydrogens (primary N) is 1. The van der Waals surface area contributed by atoms with E-state index in [1.807, 2.05) is 0 Å². The number of fused-ring (bicyclic) bond motifs is 4. The number of likely N-dealkylation sites (N-methyl/N-ethyl adjacent to an activating group) is 1. The maximum absolute atomic E-state index is 13.1. The van der Waals surface area contributed by atoms with Crippen molar-refractivity contribution in [2.24, 2.45) is 0 Å². The van der Waals surface area contributed by atoms with E-state index in [4.69, 9.17) is 10.5 Å². The first-order valence-corrected chi connectivity index (χ1v) is 9.09. The molecule has 4 aromatic rings. The summed E-state index contributed by atoms with van der Waals surface area (Å²) in [4.78, 5) is 30.5. The fourth-order valence-corrected chi connectivity index (χ4v) is 3.57. The molecule has 5 heterocycles. The Morgan fingerprint density at radius 2 is 2.06 bits per heavy atom. The third-order valence-corrected chi connectivity index (χ3v) is 5.19. The molecule has 1 unspecified atom stereocenters. The van der Waals surface area contributed by atoms with Gasteiger partial charge in [0.05, 0.1) is 30.3 Å². The van der Waals surface area contributed by atoms with Crippen LogP contribution in [0.3, 0.4) is 0 Å². The Balaban J connectivity index is 1.49. The molecule has 0 bridgehead atoms. The highest BCUT2D eigenvalue weighted by Crippen LogP contribution is 2.38. The molecule has 31 heavy (non-hydrogen) atoms. The average Bonchev–Trinajstić information content (AvgIpc) is 3.39. The van der Waals surface area contributed by atoms with Crippen LogP contribution in [0.5, 0.6) is 5.88 Å². The van der Waals surface area contributed by atoms with Gasteiger partial charge in [-0.25, -0.2) is 19.9 Å². The van der Waals surface area contributed by atoms with E-state index in [-0.39, 0.29) is 24.0 Å². The Hall–Kier alpha value is -3.96. The van der Waals surface area contributed by atoms with Gasteiger partial charge in [-0.15, -0.1) is 0 Å². The minimum atomic E-state index is -4.58. The van der Waals surface area contributed by atoms with E-state index >= 15 is 0 Å². The van der Waals surface area contributed by atoms with Crippen LogP contribution in [0.2, 0.25) is 0 Å². The number of halogens is 3. The lowest BCUT2D eigenvalue weighted by molar-refractivity contribution is -0.141. The Labute approximate surface area is 172 Å². The van der Waals surface area contributed by atoms with E-state index in [1.54, 1.807) is 23.0 Å². The number of aromatic nitrogens is 5. The summed E-state index contributed by atoms with van der Waals surface area (Å²) in [6.07, 6.45) is -0.0325. The monoisotopic (exact) mass is 429 g/mol. The van der Waals surface area contributed by atoms with E-state index in [9.17, 15) is 18.0 Å². The predicted molar refractivity (Wildman–Crippen MR) is 102 cm³/mol. The van der Waals surface area contributed by atoms with Crippen LogP contribution in [0.1, 0.15) is 27.8 Å². The van der Waals surface area contributed by atoms with Crippen LogP contribution >= 0.6 is 0 Å². The van der Waals surface area contributed by atoms with Gasteiger partial charge >= 0.3 is 6.18 Å². The van der Waals surface area contributed by atoms with E-state index in [1.165, 1.54) is 24.2 Å². The zero-order valence-corrected chi connectivity index (χ0v) is 16.0. The van der Waals surface area contributed by atoms with Crippen LogP contribution in [0, 0.1) is 0 Å². The lowest BCUT2D eigenvalue weighted by Crippen LogP contribution is -2.32. The quantitative estimate of drug-likeness (QED) is 0.521. The van der Waals surface area contributed by atoms with Crippen molar-refractivity contribution in [1.29, 1.82) is 0 Å². The van der Waals surface area contributed by atoms with Crippen LogP contribution in [0.4, 0.5) is 19.0 Å². The van der Waals surface area contributed by atoms with Crippen LogP contribution in [-0.4, -0.2) is 48.8 Å². The van der Waals surface area contributed by atoms with Gasteiger partial charge < -0.3 is 15.4 Å². The maximum atomic E-state index is 13.1. The van der Waals surface area contributed by atoms with Gasteiger partial charge in [0.2, 0.25) is 5.88 Å². The number of imidazole rings is 1. The number of hydrogen-bond donors (Lipinski definition) is 1. The molecule has 158 valence electrons. The molecule has 0 saturated carbocycles. The number of hydrogen-bond acceptors (Lipinski definition) is 7. The molecule has 9 nitrogen and oxygen atoms in total. The summed E-state index contributed by atoms with van der Waals surface area (Å²) in [7, 11) is 1.53. The maximum Gasteiger partial charge on any atom is 0.433 e. The fourth-order valence-electron chi connectivity index (χ4n) is 3.57. The van der Waals surface area contributed by atoms with Crippen LogP contribution in [-0.2, 0) is 6.18 Å². The van der Waals surface area contributed by atoms with Crippen molar-refractivity contribution in [2.45, 2.75) is 12.2 Å². The number of alkyl halides is 3. The normalized spacial score (nSPS) is 15.8. The van der Waals surface area contributed by atoms with Crippen molar-refractivity contribution < 1.29 is 22.7 Å². The molecule has 0 saturated heterocycles. The molecule has 2 N–H and O–H groups in total. The highest BCUT2D eigenvalue weighted by molar-refractivity contribution is 5.96. The molecule has 0 spiro atoms. The standard InChI is InChI=1S/C19H14F3N7O2/c1-28(14-7-31-17-9(14)2-3-15(27-17)19(20,21)22)18(30)10-4-12-11(5-25-10)26-16(23)13-6-24-8-29(12)13/h2-6,8,14H,7H2,1H3,(H2,23,26). The van der Waals surface area contributed by atoms with E-state index < -0.39 is 23.8 Å². The van der Waals surface area contributed by atoms with Gasteiger partial charge in [-0.1, -0.05) is 0 Å². The number of ether oxygens (including phenoxy) is 1. The smallest absolute Gasteiger partial charge is 0.433 e. The minimum absolute atomic E-state index is 0.0106. The minimum Gasteiger partial charge on any atom is -0.475 e. The summed E-state index contributed by atoms with van der Waals surface area (Å²) >= 11 is 0. The molecule has 0 fully saturated rings. The van der Waals surface area contributed by atoms with Crippen LogP contribution in [0.25, 0.3) is 16.6 Å². The Morgan fingerprint density at radius 1 is 1.26 bits per heavy atom. The second kappa shape index (κ2) is 6.52. The fraction of sp³-hybridized carbons (Fsp3) is 0.211. The van der Waals surface area contributed by atoms with Crippen molar-refractivity contribution in [3.05, 3.63) is 53.9 Å². The van der Waals surface area contributed by atoms with Gasteiger partial charge in [-0.3, -0.25) is 9.20 Å². The van der Waals surface area contributed by atoms with Crippen molar-refractivity contribution in [3.8, 4) is 5.88 Å². The summed E-state index contributed by atoms with van der Waals surface area (Å²) in [6, 6.07) is 3.12. The molecule has 0 aromatic carbocycles. The average molecular weight is 429 g/mol. The number of carbonyl (C=O) groups is 1. The van der Waals surface area contributed by atoms with E-state index in [2.05, 4.69) is 19.9 Å². The molecule has 5 rings (SSSR count). The summed E-state index contributed by atoms with van der Waals surface area (Å²) in [5.74, 6) is -0.285. The highest BCUT2D eigenvalue weighted by atomic mass is 19.4. The largest absolute Gasteiger partial charge is 0.475 e. The first kappa shape index (κ1) is 19.0. The molecule has 0 aliphatic carbocycles. The van der Waals surface area contributed by atoms with Crippen LogP contribution < -0.4 is 10.5 Å². The summed E-state index contributed by atoms with van der Waals surface area (Å²) in [5, 5.41) is 0. The molecule has 12 heteroatoms. The lowest BCUT2D eigenvalue weighted by Gasteiger charge is -2.23. The zero-order valence-electron chi connectivity index (χ0n) is 16.0. The number of carbonyl (C=O) groups excluding carboxylic acids is 1. The molecular weight excluding hydrogens is 415 g/mol. The third-order valence-electron chi connectivity index (χ3n) is 5.19. The zero-order chi connectivity index (χ0) is 21.9. The van der Waals surface area contributed by atoms with Gasteiger partial charge in [0.1, 0.15) is 34.8 Å².